The molecule has 1 aromatic carbocycles. The summed E-state index contributed by atoms with van der Waals surface area (Å²) in [6, 6.07) is -0.204. The summed E-state index contributed by atoms with van der Waals surface area (Å²) in [4.78, 5) is 2.08. The fraction of sp³-hybridized carbons (Fsp3) is 0.571. The fourth-order valence-electron chi connectivity index (χ4n) is 2.66. The van der Waals surface area contributed by atoms with E-state index in [4.69, 9.17) is 0 Å². The van der Waals surface area contributed by atoms with Crippen molar-refractivity contribution in [2.24, 2.45) is 5.92 Å². The van der Waals surface area contributed by atoms with Crippen LogP contribution in [-0.2, 0) is 0 Å². The van der Waals surface area contributed by atoms with Crippen LogP contribution in [0.25, 0.3) is 0 Å². The molecule has 0 radical (unpaired) electrons. The minimum Gasteiger partial charge on any atom is -0.377 e. The smallest absolute Gasteiger partial charge is 0.200 e. The number of halogens is 5. The molecule has 0 aromatic heterocycles. The Hall–Kier alpha value is -1.37. The molecule has 3 atom stereocenters. The molecule has 2 rings (SSSR count). The van der Waals surface area contributed by atoms with E-state index in [1.54, 1.807) is 0 Å². The summed E-state index contributed by atoms with van der Waals surface area (Å²) < 4.78 is 66.7. The highest BCUT2D eigenvalue weighted by Crippen LogP contribution is 2.31. The van der Waals surface area contributed by atoms with Crippen molar-refractivity contribution in [2.45, 2.75) is 32.4 Å². The Morgan fingerprint density at radius 1 is 0.905 bits per heavy atom. The Labute approximate surface area is 119 Å². The molecule has 21 heavy (non-hydrogen) atoms. The van der Waals surface area contributed by atoms with Crippen molar-refractivity contribution in [2.75, 3.05) is 18.9 Å². The van der Waals surface area contributed by atoms with Gasteiger partial charge in [0.05, 0.1) is 0 Å². The van der Waals surface area contributed by atoms with Crippen LogP contribution in [-0.4, -0.2) is 30.6 Å². The summed E-state index contributed by atoms with van der Waals surface area (Å²) in [5.74, 6) is -9.60. The van der Waals surface area contributed by atoms with E-state index in [-0.39, 0.29) is 18.0 Å². The summed E-state index contributed by atoms with van der Waals surface area (Å²) in [5.41, 5.74) is -0.944. The van der Waals surface area contributed by atoms with E-state index in [0.29, 0.717) is 13.0 Å². The Bertz CT molecular complexity index is 520. The molecule has 1 N–H and O–H groups in total. The highest BCUT2D eigenvalue weighted by atomic mass is 19.2. The standard InChI is InChI=1S/C14H17F5N2/c1-6-5-21(3)7(2)4-8(6)20-14-12(18)10(16)9(15)11(17)13(14)19/h6-8,20H,4-5H2,1-3H3. The zero-order valence-electron chi connectivity index (χ0n) is 12.0. The Morgan fingerprint density at radius 3 is 1.90 bits per heavy atom. The molecule has 1 aliphatic rings. The van der Waals surface area contributed by atoms with E-state index in [9.17, 15) is 22.0 Å². The number of nitrogens with zero attached hydrogens (tertiary/aromatic N) is 1. The van der Waals surface area contributed by atoms with Crippen LogP contribution in [0, 0.1) is 35.0 Å². The van der Waals surface area contributed by atoms with Gasteiger partial charge in [0.15, 0.2) is 23.3 Å². The van der Waals surface area contributed by atoms with Crippen molar-refractivity contribution >= 4 is 5.69 Å². The molecule has 0 saturated carbocycles. The summed E-state index contributed by atoms with van der Waals surface area (Å²) in [7, 11) is 1.93. The summed E-state index contributed by atoms with van der Waals surface area (Å²) in [5, 5.41) is 2.50. The number of hydrogen-bond acceptors (Lipinski definition) is 2. The van der Waals surface area contributed by atoms with E-state index < -0.39 is 34.8 Å². The van der Waals surface area contributed by atoms with E-state index in [2.05, 4.69) is 10.2 Å². The molecule has 1 aromatic rings. The van der Waals surface area contributed by atoms with Crippen molar-refractivity contribution in [1.82, 2.24) is 4.90 Å². The molecule has 0 bridgehead atoms. The lowest BCUT2D eigenvalue weighted by Gasteiger charge is -2.40. The normalized spacial score (nSPS) is 27.0. The lowest BCUT2D eigenvalue weighted by Crippen LogP contribution is -2.48. The maximum absolute atomic E-state index is 13.7. The Morgan fingerprint density at radius 2 is 1.38 bits per heavy atom. The van der Waals surface area contributed by atoms with Gasteiger partial charge in [-0.15, -0.1) is 0 Å². The molecule has 118 valence electrons. The number of nitrogens with one attached hydrogen (secondary N) is 1. The Kier molecular flexibility index (Phi) is 4.41. The molecule has 1 saturated heterocycles. The quantitative estimate of drug-likeness (QED) is 0.511. The number of hydrogen-bond donors (Lipinski definition) is 1. The number of anilines is 1. The van der Waals surface area contributed by atoms with E-state index in [0.717, 1.165) is 0 Å². The predicted molar refractivity (Wildman–Crippen MR) is 69.5 cm³/mol. The first kappa shape index (κ1) is 16.0. The molecule has 1 fully saturated rings. The summed E-state index contributed by atoms with van der Waals surface area (Å²) >= 11 is 0. The third-order valence-corrected chi connectivity index (χ3v) is 4.15. The lowest BCUT2D eigenvalue weighted by molar-refractivity contribution is 0.145. The zero-order chi connectivity index (χ0) is 15.9. The first-order valence-corrected chi connectivity index (χ1v) is 6.72. The second-order valence-corrected chi connectivity index (χ2v) is 5.70. The van der Waals surface area contributed by atoms with Crippen LogP contribution in [0.3, 0.4) is 0 Å². The molecule has 0 amide bonds. The topological polar surface area (TPSA) is 15.3 Å². The van der Waals surface area contributed by atoms with Gasteiger partial charge in [-0.05, 0) is 26.3 Å². The summed E-state index contributed by atoms with van der Waals surface area (Å²) in [6.07, 6.45) is 0.553. The van der Waals surface area contributed by atoms with Gasteiger partial charge in [-0.2, -0.15) is 0 Å². The first-order valence-electron chi connectivity index (χ1n) is 6.72. The second-order valence-electron chi connectivity index (χ2n) is 5.70. The number of piperidine rings is 1. The van der Waals surface area contributed by atoms with E-state index in [1.807, 2.05) is 20.9 Å². The molecule has 0 spiro atoms. The van der Waals surface area contributed by atoms with Crippen LogP contribution in [0.5, 0.6) is 0 Å². The van der Waals surface area contributed by atoms with Crippen molar-refractivity contribution in [3.63, 3.8) is 0 Å². The fourth-order valence-corrected chi connectivity index (χ4v) is 2.66. The largest absolute Gasteiger partial charge is 0.377 e. The van der Waals surface area contributed by atoms with Gasteiger partial charge >= 0.3 is 0 Å². The number of rotatable bonds is 2. The molecule has 1 aliphatic heterocycles. The van der Waals surface area contributed by atoms with Gasteiger partial charge < -0.3 is 10.2 Å². The second kappa shape index (κ2) is 5.79. The monoisotopic (exact) mass is 308 g/mol. The first-order chi connectivity index (χ1) is 9.73. The van der Waals surface area contributed by atoms with Crippen LogP contribution in [0.2, 0.25) is 0 Å². The van der Waals surface area contributed by atoms with Gasteiger partial charge in [-0.1, -0.05) is 6.92 Å². The average Bonchev–Trinajstić information content (AvgIpc) is 2.44. The summed E-state index contributed by atoms with van der Waals surface area (Å²) in [6.45, 7) is 4.49. The van der Waals surface area contributed by atoms with Crippen LogP contribution < -0.4 is 5.32 Å². The van der Waals surface area contributed by atoms with Gasteiger partial charge in [-0.3, -0.25) is 0 Å². The third kappa shape index (κ3) is 2.84. The van der Waals surface area contributed by atoms with Crippen LogP contribution in [0.4, 0.5) is 27.6 Å². The molecule has 3 unspecified atom stereocenters. The van der Waals surface area contributed by atoms with Crippen LogP contribution >= 0.6 is 0 Å². The van der Waals surface area contributed by atoms with Crippen LogP contribution in [0.15, 0.2) is 0 Å². The maximum Gasteiger partial charge on any atom is 0.200 e. The molecular formula is C14H17F5N2. The number of likely N-dealkylation sites (tertiary alicyclic amines) is 1. The number of benzene rings is 1. The van der Waals surface area contributed by atoms with Gasteiger partial charge in [0.1, 0.15) is 5.69 Å². The van der Waals surface area contributed by atoms with Gasteiger partial charge in [0, 0.05) is 18.6 Å². The highest BCUT2D eigenvalue weighted by Gasteiger charge is 2.32. The van der Waals surface area contributed by atoms with Crippen molar-refractivity contribution in [3.8, 4) is 0 Å². The van der Waals surface area contributed by atoms with Gasteiger partial charge in [-0.25, -0.2) is 22.0 Å². The highest BCUT2D eigenvalue weighted by molar-refractivity contribution is 5.48. The van der Waals surface area contributed by atoms with Gasteiger partial charge in [0.2, 0.25) is 5.82 Å². The zero-order valence-corrected chi connectivity index (χ0v) is 12.0. The predicted octanol–water partition coefficient (Wildman–Crippen LogP) is 3.52. The van der Waals surface area contributed by atoms with Crippen molar-refractivity contribution in [3.05, 3.63) is 29.1 Å². The minimum absolute atomic E-state index is 0.0150. The average molecular weight is 308 g/mol. The van der Waals surface area contributed by atoms with E-state index in [1.165, 1.54) is 0 Å². The third-order valence-electron chi connectivity index (χ3n) is 4.15. The van der Waals surface area contributed by atoms with Crippen molar-refractivity contribution < 1.29 is 22.0 Å². The molecule has 7 heteroatoms. The molecular weight excluding hydrogens is 291 g/mol. The van der Waals surface area contributed by atoms with Crippen LogP contribution in [0.1, 0.15) is 20.3 Å². The SMILES string of the molecule is CC1CN(C)C(C)CC1Nc1c(F)c(F)c(F)c(F)c1F. The van der Waals surface area contributed by atoms with E-state index >= 15 is 0 Å². The molecule has 0 aliphatic carbocycles. The lowest BCUT2D eigenvalue weighted by atomic mass is 9.89. The maximum atomic E-state index is 13.7. The van der Waals surface area contributed by atoms with Gasteiger partial charge in [0.25, 0.3) is 0 Å². The van der Waals surface area contributed by atoms with Crippen molar-refractivity contribution in [1.29, 1.82) is 0 Å². The molecule has 1 heterocycles. The minimum atomic E-state index is -2.14. The Balaban J connectivity index is 2.32. The molecule has 2 nitrogen and oxygen atoms in total.